The second-order valence-electron chi connectivity index (χ2n) is 8.02. The van der Waals surface area contributed by atoms with Crippen LogP contribution in [0.1, 0.15) is 29.0 Å². The molecule has 1 aromatic carbocycles. The number of rotatable bonds is 4. The molecule has 0 spiro atoms. The fourth-order valence-corrected chi connectivity index (χ4v) is 4.59. The van der Waals surface area contributed by atoms with Crippen molar-refractivity contribution in [3.8, 4) is 11.3 Å². The summed E-state index contributed by atoms with van der Waals surface area (Å²) in [5.41, 5.74) is 0.588. The van der Waals surface area contributed by atoms with Crippen LogP contribution in [0, 0.1) is 5.92 Å². The lowest BCUT2D eigenvalue weighted by Crippen LogP contribution is -2.48. The second kappa shape index (κ2) is 7.85. The molecule has 2 bridgehead atoms. The van der Waals surface area contributed by atoms with Crippen LogP contribution in [0.2, 0.25) is 0 Å². The number of amides is 1. The van der Waals surface area contributed by atoms with Crippen molar-refractivity contribution in [2.45, 2.75) is 31.1 Å². The predicted octanol–water partition coefficient (Wildman–Crippen LogP) is 3.67. The van der Waals surface area contributed by atoms with Gasteiger partial charge in [-0.3, -0.25) is 9.78 Å². The monoisotopic (exact) mass is 440 g/mol. The van der Waals surface area contributed by atoms with Gasteiger partial charge in [-0.15, -0.1) is 0 Å². The minimum Gasteiger partial charge on any atom is -0.364 e. The summed E-state index contributed by atoms with van der Waals surface area (Å²) in [6.45, 7) is 0.616. The predicted molar refractivity (Wildman–Crippen MR) is 109 cm³/mol. The summed E-state index contributed by atoms with van der Waals surface area (Å²) in [5, 5.41) is 3.16. The maximum atomic E-state index is 13.4. The Morgan fingerprint density at radius 3 is 2.47 bits per heavy atom. The zero-order chi connectivity index (χ0) is 22.3. The first-order valence-electron chi connectivity index (χ1n) is 10.2. The van der Waals surface area contributed by atoms with Crippen LogP contribution in [0.4, 0.5) is 19.0 Å². The van der Waals surface area contributed by atoms with Crippen molar-refractivity contribution >= 4 is 11.7 Å². The van der Waals surface area contributed by atoms with Gasteiger partial charge in [0.2, 0.25) is 0 Å². The quantitative estimate of drug-likeness (QED) is 0.667. The number of benzene rings is 1. The third-order valence-electron chi connectivity index (χ3n) is 5.97. The third-order valence-corrected chi connectivity index (χ3v) is 5.97. The van der Waals surface area contributed by atoms with Crippen molar-refractivity contribution in [2.75, 3.05) is 11.9 Å². The van der Waals surface area contributed by atoms with Crippen molar-refractivity contribution in [3.05, 3.63) is 66.5 Å². The lowest BCUT2D eigenvalue weighted by molar-refractivity contribution is -0.141. The van der Waals surface area contributed by atoms with Crippen LogP contribution in [-0.4, -0.2) is 49.4 Å². The number of aromatic nitrogens is 4. The molecule has 2 aromatic heterocycles. The number of piperidine rings is 1. The summed E-state index contributed by atoms with van der Waals surface area (Å²) in [6, 6.07) is 9.17. The highest BCUT2D eigenvalue weighted by atomic mass is 19.4. The summed E-state index contributed by atoms with van der Waals surface area (Å²) in [5.74, 6) is 0.364. The van der Waals surface area contributed by atoms with E-state index >= 15 is 0 Å². The number of carbonyl (C=O) groups excluding carboxylic acids is 1. The Morgan fingerprint density at radius 2 is 1.78 bits per heavy atom. The molecule has 164 valence electrons. The van der Waals surface area contributed by atoms with Crippen LogP contribution in [-0.2, 0) is 6.18 Å². The molecule has 3 atom stereocenters. The fraction of sp³-hybridized carbons (Fsp3) is 0.318. The number of halogens is 3. The first-order valence-corrected chi connectivity index (χ1v) is 10.2. The Bertz CT molecular complexity index is 1120. The van der Waals surface area contributed by atoms with Crippen LogP contribution in [0.15, 0.2) is 55.1 Å². The number of carbonyl (C=O) groups is 1. The smallest absolute Gasteiger partial charge is 0.364 e. The minimum absolute atomic E-state index is 0.109. The second-order valence-corrected chi connectivity index (χ2v) is 8.02. The fourth-order valence-electron chi connectivity index (χ4n) is 4.59. The summed E-state index contributed by atoms with van der Waals surface area (Å²) < 4.78 is 38.2. The molecule has 3 aromatic rings. The van der Waals surface area contributed by atoms with Gasteiger partial charge in [0, 0.05) is 30.5 Å². The van der Waals surface area contributed by atoms with Gasteiger partial charge in [0.1, 0.15) is 11.5 Å². The van der Waals surface area contributed by atoms with E-state index in [1.165, 1.54) is 6.20 Å². The van der Waals surface area contributed by atoms with Gasteiger partial charge in [-0.1, -0.05) is 30.3 Å². The van der Waals surface area contributed by atoms with Gasteiger partial charge in [0.05, 0.1) is 18.4 Å². The van der Waals surface area contributed by atoms with Crippen LogP contribution in [0.3, 0.4) is 0 Å². The number of hydrogen-bond donors (Lipinski definition) is 1. The molecule has 10 heteroatoms. The van der Waals surface area contributed by atoms with E-state index in [1.54, 1.807) is 11.1 Å². The largest absolute Gasteiger partial charge is 0.434 e. The molecular formula is C22H19F3N6O. The zero-order valence-corrected chi connectivity index (χ0v) is 16.8. The van der Waals surface area contributed by atoms with Crippen molar-refractivity contribution < 1.29 is 18.0 Å². The lowest BCUT2D eigenvalue weighted by atomic mass is 10.0. The Labute approximate surface area is 181 Å². The van der Waals surface area contributed by atoms with E-state index in [2.05, 4.69) is 25.3 Å². The first kappa shape index (κ1) is 20.3. The molecule has 1 amide bonds. The third kappa shape index (κ3) is 3.76. The number of nitrogens with one attached hydrogen (secondary N) is 1. The van der Waals surface area contributed by atoms with E-state index in [4.69, 9.17) is 0 Å². The van der Waals surface area contributed by atoms with E-state index in [0.717, 1.165) is 24.6 Å². The van der Waals surface area contributed by atoms with Crippen molar-refractivity contribution in [1.82, 2.24) is 24.8 Å². The molecule has 3 heterocycles. The molecule has 1 saturated carbocycles. The molecule has 32 heavy (non-hydrogen) atoms. The molecule has 2 fully saturated rings. The highest BCUT2D eigenvalue weighted by molar-refractivity contribution is 5.98. The molecule has 2 unspecified atom stereocenters. The van der Waals surface area contributed by atoms with Crippen LogP contribution < -0.4 is 5.32 Å². The Hall–Kier alpha value is -3.56. The van der Waals surface area contributed by atoms with E-state index in [1.807, 2.05) is 30.3 Å². The van der Waals surface area contributed by atoms with Gasteiger partial charge < -0.3 is 10.2 Å². The highest BCUT2D eigenvalue weighted by Crippen LogP contribution is 2.40. The molecule has 1 saturated heterocycles. The molecule has 1 N–H and O–H groups in total. The number of nitrogens with zero attached hydrogens (tertiary/aromatic N) is 5. The number of anilines is 1. The van der Waals surface area contributed by atoms with E-state index in [9.17, 15) is 18.0 Å². The topological polar surface area (TPSA) is 83.9 Å². The molecular weight excluding hydrogens is 421 g/mol. The Kier molecular flexibility index (Phi) is 4.99. The van der Waals surface area contributed by atoms with Gasteiger partial charge in [-0.2, -0.15) is 13.2 Å². The molecule has 1 aliphatic heterocycles. The van der Waals surface area contributed by atoms with Gasteiger partial charge >= 0.3 is 6.18 Å². The summed E-state index contributed by atoms with van der Waals surface area (Å²) in [4.78, 5) is 31.2. The molecule has 2 aliphatic rings. The van der Waals surface area contributed by atoms with E-state index in [0.29, 0.717) is 30.0 Å². The van der Waals surface area contributed by atoms with Crippen molar-refractivity contribution in [1.29, 1.82) is 0 Å². The summed E-state index contributed by atoms with van der Waals surface area (Å²) in [6.07, 6.45) is 1.95. The molecule has 1 aliphatic carbocycles. The zero-order valence-electron chi connectivity index (χ0n) is 16.8. The van der Waals surface area contributed by atoms with Crippen LogP contribution >= 0.6 is 0 Å². The maximum absolute atomic E-state index is 13.4. The normalized spacial score (nSPS) is 22.2. The standard InChI is InChI=1S/C22H19F3N6O/c23-22(24,25)17-10-29-18(11-28-17)30-15-8-13-9-16(15)31(12-13)21(32)20-19(26-6-7-27-20)14-4-2-1-3-5-14/h1-7,10-11,13,15-16H,8-9,12H2,(H,29,30)/t13-,15?,16?/m0/s1. The highest BCUT2D eigenvalue weighted by Gasteiger charge is 2.47. The van der Waals surface area contributed by atoms with Gasteiger partial charge in [-0.25, -0.2) is 15.0 Å². The van der Waals surface area contributed by atoms with Crippen molar-refractivity contribution in [3.63, 3.8) is 0 Å². The average Bonchev–Trinajstić information content (AvgIpc) is 3.40. The minimum atomic E-state index is -4.53. The van der Waals surface area contributed by atoms with Gasteiger partial charge in [0.15, 0.2) is 11.4 Å². The first-order chi connectivity index (χ1) is 15.4. The van der Waals surface area contributed by atoms with E-state index in [-0.39, 0.29) is 23.8 Å². The van der Waals surface area contributed by atoms with Crippen LogP contribution in [0.5, 0.6) is 0 Å². The molecule has 0 radical (unpaired) electrons. The number of fused-ring (bicyclic) bond motifs is 2. The Balaban J connectivity index is 1.35. The molecule has 7 nitrogen and oxygen atoms in total. The number of hydrogen-bond acceptors (Lipinski definition) is 6. The van der Waals surface area contributed by atoms with E-state index < -0.39 is 11.9 Å². The number of alkyl halides is 3. The summed E-state index contributed by atoms with van der Waals surface area (Å²) >= 11 is 0. The SMILES string of the molecule is O=C(c1nccnc1-c1ccccc1)N1C[C@H]2CC(Nc3cnc(C(F)(F)F)cn3)C1C2. The van der Waals surface area contributed by atoms with Crippen molar-refractivity contribution in [2.24, 2.45) is 5.92 Å². The number of likely N-dealkylation sites (tertiary alicyclic amines) is 1. The Morgan fingerprint density at radius 1 is 1.00 bits per heavy atom. The average molecular weight is 440 g/mol. The molecule has 5 rings (SSSR count). The maximum Gasteiger partial charge on any atom is 0.434 e. The van der Waals surface area contributed by atoms with Gasteiger partial charge in [0.25, 0.3) is 5.91 Å². The lowest BCUT2D eigenvalue weighted by Gasteiger charge is -2.34. The van der Waals surface area contributed by atoms with Crippen LogP contribution in [0.25, 0.3) is 11.3 Å². The van der Waals surface area contributed by atoms with Gasteiger partial charge in [-0.05, 0) is 18.8 Å². The summed E-state index contributed by atoms with van der Waals surface area (Å²) in [7, 11) is 0.